The first-order valence-corrected chi connectivity index (χ1v) is 6.86. The first-order valence-electron chi connectivity index (χ1n) is 6.07. The van der Waals surface area contributed by atoms with E-state index in [-0.39, 0.29) is 6.79 Å². The van der Waals surface area contributed by atoms with Crippen LogP contribution in [0.2, 0.25) is 0 Å². The van der Waals surface area contributed by atoms with Crippen molar-refractivity contribution in [3.63, 3.8) is 0 Å². The van der Waals surface area contributed by atoms with Crippen LogP contribution < -0.4 is 19.9 Å². The van der Waals surface area contributed by atoms with Crippen molar-refractivity contribution in [2.45, 2.75) is 13.5 Å². The van der Waals surface area contributed by atoms with Gasteiger partial charge >= 0.3 is 0 Å². The summed E-state index contributed by atoms with van der Waals surface area (Å²) in [6.07, 6.45) is 1.59. The summed E-state index contributed by atoms with van der Waals surface area (Å²) in [5, 5.41) is 0. The van der Waals surface area contributed by atoms with Gasteiger partial charge in [-0.15, -0.1) is 0 Å². The van der Waals surface area contributed by atoms with E-state index >= 15 is 0 Å². The number of rotatable bonds is 3. The highest BCUT2D eigenvalue weighted by atomic mass is 79.9. The lowest BCUT2D eigenvalue weighted by Crippen LogP contribution is -2.01. The molecular formula is C14H13BrN2O3. The number of hydrogen-bond acceptors (Lipinski definition) is 5. The highest BCUT2D eigenvalue weighted by Gasteiger charge is 2.14. The number of pyridine rings is 1. The van der Waals surface area contributed by atoms with Gasteiger partial charge in [-0.2, -0.15) is 0 Å². The molecule has 1 aromatic heterocycles. The highest BCUT2D eigenvalue weighted by molar-refractivity contribution is 9.10. The minimum absolute atomic E-state index is 0.268. The molecule has 1 aromatic carbocycles. The number of aromatic nitrogens is 1. The Hall–Kier alpha value is -1.95. The number of fused-ring (bicyclic) bond motifs is 1. The molecule has 0 unspecified atom stereocenters. The molecule has 2 aromatic rings. The average Bonchev–Trinajstić information content (AvgIpc) is 2.91. The van der Waals surface area contributed by atoms with Gasteiger partial charge in [0.05, 0.1) is 16.4 Å². The van der Waals surface area contributed by atoms with Crippen molar-refractivity contribution in [2.24, 2.45) is 0 Å². The zero-order valence-electron chi connectivity index (χ0n) is 10.9. The molecule has 0 amide bonds. The van der Waals surface area contributed by atoms with Crippen LogP contribution in [-0.4, -0.2) is 11.8 Å². The third-order valence-corrected chi connectivity index (χ3v) is 4.02. The molecule has 3 rings (SSSR count). The lowest BCUT2D eigenvalue weighted by molar-refractivity contribution is 0.174. The fraction of sp³-hybridized carbons (Fsp3) is 0.214. The first kappa shape index (κ1) is 13.1. The molecule has 6 heteroatoms. The lowest BCUT2D eigenvalue weighted by atomic mass is 10.2. The maximum Gasteiger partial charge on any atom is 0.231 e. The first-order chi connectivity index (χ1) is 9.65. The molecule has 0 saturated heterocycles. The molecule has 1 aliphatic heterocycles. The Morgan fingerprint density at radius 3 is 3.00 bits per heavy atom. The summed E-state index contributed by atoms with van der Waals surface area (Å²) in [7, 11) is 0. The number of nitrogens with two attached hydrogens (primary N) is 1. The van der Waals surface area contributed by atoms with Gasteiger partial charge in [0, 0.05) is 0 Å². The molecule has 0 bridgehead atoms. The van der Waals surface area contributed by atoms with E-state index in [1.54, 1.807) is 6.20 Å². The largest absolute Gasteiger partial charge is 0.472 e. The van der Waals surface area contributed by atoms with Crippen LogP contribution in [-0.2, 0) is 6.61 Å². The molecule has 1 aliphatic rings. The second-order valence-corrected chi connectivity index (χ2v) is 5.23. The topological polar surface area (TPSA) is 66.6 Å². The van der Waals surface area contributed by atoms with E-state index < -0.39 is 0 Å². The zero-order chi connectivity index (χ0) is 14.1. The summed E-state index contributed by atoms with van der Waals surface area (Å²) in [6.45, 7) is 2.57. The summed E-state index contributed by atoms with van der Waals surface area (Å²) >= 11 is 3.44. The van der Waals surface area contributed by atoms with Crippen LogP contribution >= 0.6 is 15.9 Å². The molecular weight excluding hydrogens is 324 g/mol. The summed E-state index contributed by atoms with van der Waals surface area (Å²) in [6, 6.07) is 5.71. The summed E-state index contributed by atoms with van der Waals surface area (Å²) < 4.78 is 17.1. The summed E-state index contributed by atoms with van der Waals surface area (Å²) in [5.74, 6) is 2.03. The molecule has 0 radical (unpaired) electrons. The highest BCUT2D eigenvalue weighted by Crippen LogP contribution is 2.33. The second-order valence-electron chi connectivity index (χ2n) is 4.43. The SMILES string of the molecule is Cc1c(N)cnc(OCc2ccc3c(c2)OCO3)c1Br. The van der Waals surface area contributed by atoms with E-state index in [0.717, 1.165) is 27.1 Å². The van der Waals surface area contributed by atoms with Crippen LogP contribution in [0.3, 0.4) is 0 Å². The molecule has 0 fully saturated rings. The van der Waals surface area contributed by atoms with E-state index in [4.69, 9.17) is 19.9 Å². The Balaban J connectivity index is 1.75. The van der Waals surface area contributed by atoms with Crippen LogP contribution in [0, 0.1) is 6.92 Å². The molecule has 0 aliphatic carbocycles. The maximum atomic E-state index is 5.78. The molecule has 0 saturated carbocycles. The summed E-state index contributed by atoms with van der Waals surface area (Å²) in [5.41, 5.74) is 8.31. The third-order valence-electron chi connectivity index (χ3n) is 3.08. The number of hydrogen-bond donors (Lipinski definition) is 1. The predicted octanol–water partition coefficient (Wildman–Crippen LogP) is 3.04. The van der Waals surface area contributed by atoms with Crippen LogP contribution in [0.15, 0.2) is 28.9 Å². The second kappa shape index (κ2) is 5.20. The van der Waals surface area contributed by atoms with Crippen LogP contribution in [0.5, 0.6) is 17.4 Å². The van der Waals surface area contributed by atoms with Gasteiger partial charge in [-0.1, -0.05) is 6.07 Å². The van der Waals surface area contributed by atoms with Crippen molar-refractivity contribution in [1.82, 2.24) is 4.98 Å². The standard InChI is InChI=1S/C14H13BrN2O3/c1-8-10(16)5-17-14(13(8)15)18-6-9-2-3-11-12(4-9)20-7-19-11/h2-5H,6-7,16H2,1H3. The van der Waals surface area contributed by atoms with Gasteiger partial charge in [0.25, 0.3) is 0 Å². The Morgan fingerprint density at radius 1 is 1.35 bits per heavy atom. The quantitative estimate of drug-likeness (QED) is 0.932. The molecule has 2 N–H and O–H groups in total. The van der Waals surface area contributed by atoms with Crippen molar-refractivity contribution in [1.29, 1.82) is 0 Å². The fourth-order valence-electron chi connectivity index (χ4n) is 1.85. The van der Waals surface area contributed by atoms with E-state index in [1.165, 1.54) is 0 Å². The Bertz CT molecular complexity index is 661. The Morgan fingerprint density at radius 2 is 2.15 bits per heavy atom. The van der Waals surface area contributed by atoms with E-state index in [2.05, 4.69) is 20.9 Å². The number of nitrogen functional groups attached to an aromatic ring is 1. The maximum absolute atomic E-state index is 5.78. The molecule has 0 atom stereocenters. The number of benzene rings is 1. The molecule has 20 heavy (non-hydrogen) atoms. The van der Waals surface area contributed by atoms with Crippen molar-refractivity contribution >= 4 is 21.6 Å². The number of nitrogens with zero attached hydrogens (tertiary/aromatic N) is 1. The molecule has 5 nitrogen and oxygen atoms in total. The molecule has 2 heterocycles. The van der Waals surface area contributed by atoms with Gasteiger partial charge in [-0.05, 0) is 46.1 Å². The van der Waals surface area contributed by atoms with Crippen molar-refractivity contribution in [3.05, 3.63) is 40.0 Å². The average molecular weight is 337 g/mol. The van der Waals surface area contributed by atoms with Gasteiger partial charge in [-0.25, -0.2) is 4.98 Å². The van der Waals surface area contributed by atoms with Gasteiger partial charge in [0.15, 0.2) is 11.5 Å². The van der Waals surface area contributed by atoms with Crippen LogP contribution in [0.4, 0.5) is 5.69 Å². The van der Waals surface area contributed by atoms with Crippen molar-refractivity contribution < 1.29 is 14.2 Å². The summed E-state index contributed by atoms with van der Waals surface area (Å²) in [4.78, 5) is 4.18. The van der Waals surface area contributed by atoms with Gasteiger partial charge in [0.2, 0.25) is 12.7 Å². The van der Waals surface area contributed by atoms with Crippen LogP contribution in [0.1, 0.15) is 11.1 Å². The number of anilines is 1. The van der Waals surface area contributed by atoms with Gasteiger partial charge < -0.3 is 19.9 Å². The molecule has 104 valence electrons. The minimum atomic E-state index is 0.268. The Kier molecular flexibility index (Phi) is 3.40. The monoisotopic (exact) mass is 336 g/mol. The smallest absolute Gasteiger partial charge is 0.231 e. The van der Waals surface area contributed by atoms with Crippen molar-refractivity contribution in [3.8, 4) is 17.4 Å². The van der Waals surface area contributed by atoms with E-state index in [0.29, 0.717) is 18.2 Å². The zero-order valence-corrected chi connectivity index (χ0v) is 12.4. The predicted molar refractivity (Wildman–Crippen MR) is 78.0 cm³/mol. The minimum Gasteiger partial charge on any atom is -0.472 e. The van der Waals surface area contributed by atoms with Crippen molar-refractivity contribution in [2.75, 3.05) is 12.5 Å². The van der Waals surface area contributed by atoms with Gasteiger partial charge in [-0.3, -0.25) is 0 Å². The lowest BCUT2D eigenvalue weighted by Gasteiger charge is -2.10. The number of halogens is 1. The third kappa shape index (κ3) is 2.38. The number of ether oxygens (including phenoxy) is 3. The van der Waals surface area contributed by atoms with E-state index in [1.807, 2.05) is 25.1 Å². The Labute approximate surface area is 124 Å². The fourth-order valence-corrected chi connectivity index (χ4v) is 2.30. The molecule has 0 spiro atoms. The normalized spacial score (nSPS) is 12.5. The van der Waals surface area contributed by atoms with E-state index in [9.17, 15) is 0 Å². The van der Waals surface area contributed by atoms with Gasteiger partial charge in [0.1, 0.15) is 6.61 Å². The van der Waals surface area contributed by atoms with Crippen LogP contribution in [0.25, 0.3) is 0 Å².